The lowest BCUT2D eigenvalue weighted by Gasteiger charge is -2.37. The van der Waals surface area contributed by atoms with Crippen molar-refractivity contribution in [1.29, 1.82) is 0 Å². The third kappa shape index (κ3) is 6.88. The van der Waals surface area contributed by atoms with Crippen LogP contribution in [0.2, 0.25) is 0 Å². The van der Waals surface area contributed by atoms with Crippen molar-refractivity contribution < 1.29 is 23.9 Å². The van der Waals surface area contributed by atoms with Crippen LogP contribution in [0.5, 0.6) is 5.75 Å². The van der Waals surface area contributed by atoms with Crippen LogP contribution in [0.25, 0.3) is 0 Å². The average Bonchev–Trinajstić information content (AvgIpc) is 3.55. The zero-order valence-corrected chi connectivity index (χ0v) is 23.8. The van der Waals surface area contributed by atoms with Crippen LogP contribution >= 0.6 is 12.4 Å². The molecule has 1 aliphatic carbocycles. The van der Waals surface area contributed by atoms with Crippen molar-refractivity contribution in [1.82, 2.24) is 20.4 Å². The number of hydrogen-bond donors (Lipinski definition) is 2. The molecule has 216 valence electrons. The average molecular weight is 571 g/mol. The van der Waals surface area contributed by atoms with Crippen molar-refractivity contribution in [2.45, 2.75) is 69.2 Å². The fourth-order valence-electron chi connectivity index (χ4n) is 5.88. The van der Waals surface area contributed by atoms with Gasteiger partial charge in [0.1, 0.15) is 17.4 Å². The molecule has 2 heterocycles. The minimum atomic E-state index is -0.845. The summed E-state index contributed by atoms with van der Waals surface area (Å²) in [6, 6.07) is 16.9. The van der Waals surface area contributed by atoms with Crippen molar-refractivity contribution >= 4 is 30.4 Å². The van der Waals surface area contributed by atoms with Crippen molar-refractivity contribution in [3.8, 4) is 5.75 Å². The molecule has 2 N–H and O–H groups in total. The Kier molecular flexibility index (Phi) is 9.92. The van der Waals surface area contributed by atoms with Gasteiger partial charge in [0.05, 0.1) is 19.7 Å². The molecule has 1 saturated carbocycles. The Morgan fingerprint density at radius 1 is 1.05 bits per heavy atom. The highest BCUT2D eigenvalue weighted by Gasteiger charge is 2.52. The first-order chi connectivity index (χ1) is 19.0. The quantitative estimate of drug-likeness (QED) is 0.420. The number of alkyl carbamates (subject to hydrolysis) is 1. The van der Waals surface area contributed by atoms with E-state index in [0.29, 0.717) is 25.9 Å². The SMILES string of the molecule is COc1ccc(CN2C(=O)NC3(CCN(CC[C@H](NC(=O)OC4CCCC4)c4ccccc4)CC3)C2=O)cc1.Cl. The number of likely N-dealkylation sites (tertiary alicyclic amines) is 1. The monoisotopic (exact) mass is 570 g/mol. The number of nitrogens with one attached hydrogen (secondary N) is 2. The van der Waals surface area contributed by atoms with Crippen molar-refractivity contribution in [2.75, 3.05) is 26.7 Å². The third-order valence-electron chi connectivity index (χ3n) is 8.26. The summed E-state index contributed by atoms with van der Waals surface area (Å²) in [7, 11) is 1.60. The molecule has 0 bridgehead atoms. The Bertz CT molecular complexity index is 1150. The number of carbonyl (C=O) groups is 3. The van der Waals surface area contributed by atoms with Gasteiger partial charge in [0, 0.05) is 19.6 Å². The van der Waals surface area contributed by atoms with Crippen LogP contribution in [-0.4, -0.2) is 66.2 Å². The topological polar surface area (TPSA) is 100 Å². The minimum Gasteiger partial charge on any atom is -0.497 e. The van der Waals surface area contributed by atoms with Crippen molar-refractivity contribution in [3.63, 3.8) is 0 Å². The van der Waals surface area contributed by atoms with E-state index in [1.165, 1.54) is 4.90 Å². The Balaban J connectivity index is 0.00000370. The van der Waals surface area contributed by atoms with Gasteiger partial charge < -0.3 is 25.0 Å². The van der Waals surface area contributed by atoms with Crippen molar-refractivity contribution in [2.24, 2.45) is 0 Å². The van der Waals surface area contributed by atoms with E-state index < -0.39 is 5.54 Å². The second-order valence-corrected chi connectivity index (χ2v) is 10.8. The summed E-state index contributed by atoms with van der Waals surface area (Å²) in [5.74, 6) is 0.580. The molecule has 2 saturated heterocycles. The molecule has 4 amide bonds. The van der Waals surface area contributed by atoms with E-state index >= 15 is 0 Å². The van der Waals surface area contributed by atoms with Crippen LogP contribution in [0, 0.1) is 0 Å². The molecule has 10 heteroatoms. The fraction of sp³-hybridized carbons (Fsp3) is 0.500. The number of imide groups is 1. The highest BCUT2D eigenvalue weighted by molar-refractivity contribution is 6.07. The molecule has 40 heavy (non-hydrogen) atoms. The molecular formula is C30H39ClN4O5. The molecule has 0 aromatic heterocycles. The van der Waals surface area contributed by atoms with Gasteiger partial charge in [-0.15, -0.1) is 12.4 Å². The first-order valence-corrected chi connectivity index (χ1v) is 14.0. The summed E-state index contributed by atoms with van der Waals surface area (Å²) in [5.41, 5.74) is 1.07. The molecule has 1 atom stereocenters. The first kappa shape index (κ1) is 29.7. The first-order valence-electron chi connectivity index (χ1n) is 14.0. The number of urea groups is 1. The Labute approximate surface area is 242 Å². The number of rotatable bonds is 9. The molecule has 0 unspecified atom stereocenters. The van der Waals surface area contributed by atoms with Crippen LogP contribution in [0.3, 0.4) is 0 Å². The zero-order chi connectivity index (χ0) is 27.2. The van der Waals surface area contributed by atoms with E-state index in [9.17, 15) is 14.4 Å². The Morgan fingerprint density at radius 3 is 2.38 bits per heavy atom. The number of nitrogens with zero attached hydrogens (tertiary/aromatic N) is 2. The molecule has 0 radical (unpaired) electrons. The maximum Gasteiger partial charge on any atom is 0.407 e. The number of hydrogen-bond acceptors (Lipinski definition) is 6. The summed E-state index contributed by atoms with van der Waals surface area (Å²) in [6.07, 6.45) is 5.59. The molecule has 2 aliphatic heterocycles. The van der Waals surface area contributed by atoms with Gasteiger partial charge in [-0.25, -0.2) is 9.59 Å². The van der Waals surface area contributed by atoms with Crippen LogP contribution in [0.4, 0.5) is 9.59 Å². The summed E-state index contributed by atoms with van der Waals surface area (Å²) < 4.78 is 10.8. The minimum absolute atomic E-state index is 0. The number of methoxy groups -OCH3 is 1. The van der Waals surface area contributed by atoms with E-state index in [-0.39, 0.29) is 49.1 Å². The lowest BCUT2D eigenvalue weighted by atomic mass is 9.87. The van der Waals surface area contributed by atoms with Crippen LogP contribution in [0.1, 0.15) is 62.1 Å². The van der Waals surface area contributed by atoms with Crippen molar-refractivity contribution in [3.05, 3.63) is 65.7 Å². The zero-order valence-electron chi connectivity index (χ0n) is 23.0. The van der Waals surface area contributed by atoms with Gasteiger partial charge in [-0.05, 0) is 68.2 Å². The third-order valence-corrected chi connectivity index (χ3v) is 8.26. The molecule has 3 aliphatic rings. The summed E-state index contributed by atoms with van der Waals surface area (Å²) in [6.45, 7) is 2.38. The maximum absolute atomic E-state index is 13.4. The van der Waals surface area contributed by atoms with E-state index in [1.807, 2.05) is 54.6 Å². The predicted molar refractivity (Wildman–Crippen MR) is 153 cm³/mol. The number of ether oxygens (including phenoxy) is 2. The lowest BCUT2D eigenvalue weighted by molar-refractivity contribution is -0.133. The van der Waals surface area contributed by atoms with E-state index in [1.54, 1.807) is 7.11 Å². The smallest absolute Gasteiger partial charge is 0.407 e. The highest BCUT2D eigenvalue weighted by Crippen LogP contribution is 2.31. The van der Waals surface area contributed by atoms with Crippen LogP contribution in [0.15, 0.2) is 54.6 Å². The lowest BCUT2D eigenvalue weighted by Crippen LogP contribution is -2.55. The molecular weight excluding hydrogens is 532 g/mol. The van der Waals surface area contributed by atoms with E-state index in [4.69, 9.17) is 9.47 Å². The normalized spacial score (nSPS) is 19.7. The van der Waals surface area contributed by atoms with Gasteiger partial charge >= 0.3 is 12.1 Å². The Hall–Kier alpha value is -3.30. The number of amides is 4. The van der Waals surface area contributed by atoms with E-state index in [2.05, 4.69) is 15.5 Å². The van der Waals surface area contributed by atoms with Gasteiger partial charge in [0.25, 0.3) is 5.91 Å². The number of benzene rings is 2. The maximum atomic E-state index is 13.4. The van der Waals surface area contributed by atoms with Gasteiger partial charge in [-0.1, -0.05) is 42.5 Å². The van der Waals surface area contributed by atoms with Crippen LogP contribution in [-0.2, 0) is 16.1 Å². The summed E-state index contributed by atoms with van der Waals surface area (Å²) in [4.78, 5) is 42.4. The van der Waals surface area contributed by atoms with Crippen LogP contribution < -0.4 is 15.4 Å². The summed E-state index contributed by atoms with van der Waals surface area (Å²) in [5, 5.41) is 6.08. The standard InChI is InChI=1S/C30H38N4O5.ClH/c1-38-24-13-11-22(12-14-24)21-34-27(35)30(32-28(34)36)16-19-33(20-17-30)18-15-26(23-7-3-2-4-8-23)31-29(37)39-25-9-5-6-10-25;/h2-4,7-8,11-14,25-26H,5-6,9-10,15-21H2,1H3,(H,31,37)(H,32,36);1H/t26-;/m0./s1. The second kappa shape index (κ2) is 13.4. The second-order valence-electron chi connectivity index (χ2n) is 10.8. The molecule has 5 rings (SSSR count). The number of piperidine rings is 1. The predicted octanol–water partition coefficient (Wildman–Crippen LogP) is 4.80. The van der Waals surface area contributed by atoms with Gasteiger partial charge in [-0.2, -0.15) is 0 Å². The van der Waals surface area contributed by atoms with Gasteiger partial charge in [0.15, 0.2) is 0 Å². The highest BCUT2D eigenvalue weighted by atomic mass is 35.5. The molecule has 9 nitrogen and oxygen atoms in total. The van der Waals surface area contributed by atoms with Gasteiger partial charge in [0.2, 0.25) is 0 Å². The fourth-order valence-corrected chi connectivity index (χ4v) is 5.88. The number of carbonyl (C=O) groups excluding carboxylic acids is 3. The molecule has 2 aromatic rings. The molecule has 3 fully saturated rings. The largest absolute Gasteiger partial charge is 0.497 e. The Morgan fingerprint density at radius 2 is 1.73 bits per heavy atom. The number of halogens is 1. The summed E-state index contributed by atoms with van der Waals surface area (Å²) >= 11 is 0. The molecule has 1 spiro atoms. The van der Waals surface area contributed by atoms with Gasteiger partial charge in [-0.3, -0.25) is 9.69 Å². The van der Waals surface area contributed by atoms with E-state index in [0.717, 1.165) is 55.5 Å². The molecule has 2 aromatic carbocycles.